The summed E-state index contributed by atoms with van der Waals surface area (Å²) in [6.45, 7) is 2.89. The van der Waals surface area contributed by atoms with Gasteiger partial charge in [0.2, 0.25) is 0 Å². The van der Waals surface area contributed by atoms with Gasteiger partial charge in [-0.25, -0.2) is 0 Å². The Morgan fingerprint density at radius 2 is 1.84 bits per heavy atom. The second kappa shape index (κ2) is 6.80. The minimum Gasteiger partial charge on any atom is -0.494 e. The molecule has 0 spiro atoms. The van der Waals surface area contributed by atoms with Gasteiger partial charge in [0.1, 0.15) is 0 Å². The van der Waals surface area contributed by atoms with E-state index in [9.17, 15) is 0 Å². The Hall–Kier alpha value is -0.480. The summed E-state index contributed by atoms with van der Waals surface area (Å²) in [7, 11) is 1.57. The summed E-state index contributed by atoms with van der Waals surface area (Å²) >= 11 is 12.5. The third-order valence-electron chi connectivity index (χ3n) is 3.63. The molecule has 1 heterocycles. The van der Waals surface area contributed by atoms with Gasteiger partial charge < -0.3 is 10.5 Å². The van der Waals surface area contributed by atoms with Crippen molar-refractivity contribution in [1.29, 1.82) is 0 Å². The van der Waals surface area contributed by atoms with E-state index in [1.807, 2.05) is 12.1 Å². The topological polar surface area (TPSA) is 38.5 Å². The van der Waals surface area contributed by atoms with Gasteiger partial charge in [0.15, 0.2) is 5.75 Å². The van der Waals surface area contributed by atoms with Gasteiger partial charge in [0, 0.05) is 6.04 Å². The van der Waals surface area contributed by atoms with Crippen LogP contribution < -0.4 is 10.5 Å². The largest absolute Gasteiger partial charge is 0.494 e. The van der Waals surface area contributed by atoms with Crippen LogP contribution in [0.2, 0.25) is 10.0 Å². The number of hydrogen-bond donors (Lipinski definition) is 1. The third kappa shape index (κ3) is 3.34. The lowest BCUT2D eigenvalue weighted by atomic mass is 10.0. The molecule has 0 aromatic heterocycles. The Kier molecular flexibility index (Phi) is 5.34. The maximum absolute atomic E-state index is 6.23. The maximum Gasteiger partial charge on any atom is 0.156 e. The van der Waals surface area contributed by atoms with E-state index in [4.69, 9.17) is 33.7 Å². The normalized spacial score (nSPS) is 17.7. The Balaban J connectivity index is 2.30. The summed E-state index contributed by atoms with van der Waals surface area (Å²) in [4.78, 5) is 2.46. The molecule has 0 bridgehead atoms. The van der Waals surface area contributed by atoms with Gasteiger partial charge in [-0.05, 0) is 56.6 Å². The zero-order valence-electron chi connectivity index (χ0n) is 11.2. The lowest BCUT2D eigenvalue weighted by molar-refractivity contribution is 0.236. The number of rotatable bonds is 5. The molecule has 1 unspecified atom stereocenters. The quantitative estimate of drug-likeness (QED) is 0.905. The summed E-state index contributed by atoms with van der Waals surface area (Å²) in [5, 5.41) is 1.12. The van der Waals surface area contributed by atoms with Crippen LogP contribution in [0.5, 0.6) is 5.75 Å². The van der Waals surface area contributed by atoms with Crippen molar-refractivity contribution in [1.82, 2.24) is 4.90 Å². The Bertz CT molecular complexity index is 410. The molecule has 1 fully saturated rings. The van der Waals surface area contributed by atoms with Crippen molar-refractivity contribution in [3.8, 4) is 5.75 Å². The van der Waals surface area contributed by atoms with Crippen LogP contribution in [-0.4, -0.2) is 31.6 Å². The number of hydrogen-bond acceptors (Lipinski definition) is 3. The highest BCUT2D eigenvalue weighted by molar-refractivity contribution is 6.37. The van der Waals surface area contributed by atoms with Gasteiger partial charge in [0.05, 0.1) is 17.2 Å². The average molecular weight is 303 g/mol. The molecule has 1 aliphatic rings. The molecule has 0 aliphatic carbocycles. The minimum atomic E-state index is 0.299. The number of methoxy groups -OCH3 is 1. The lowest BCUT2D eigenvalue weighted by Crippen LogP contribution is -2.27. The molecule has 2 N–H and O–H groups in total. The molecule has 0 radical (unpaired) electrons. The van der Waals surface area contributed by atoms with Gasteiger partial charge in [-0.2, -0.15) is 0 Å². The van der Waals surface area contributed by atoms with Gasteiger partial charge >= 0.3 is 0 Å². The first-order valence-corrected chi connectivity index (χ1v) is 7.40. The molecule has 19 heavy (non-hydrogen) atoms. The molecule has 1 atom stereocenters. The molecule has 1 aromatic rings. The predicted molar refractivity (Wildman–Crippen MR) is 80.2 cm³/mol. The van der Waals surface area contributed by atoms with Crippen LogP contribution in [-0.2, 0) is 0 Å². The molecular formula is C14H20Cl2N2O. The van der Waals surface area contributed by atoms with Crippen LogP contribution in [0.3, 0.4) is 0 Å². The number of nitrogens with two attached hydrogens (primary N) is 1. The van der Waals surface area contributed by atoms with E-state index in [1.165, 1.54) is 12.8 Å². The standard InChI is InChI=1S/C14H20Cl2N2O/c1-19-14-11(15)8-10(9-12(14)16)13(4-5-17)18-6-2-3-7-18/h8-9,13H,2-7,17H2,1H3. The van der Waals surface area contributed by atoms with Gasteiger partial charge in [-0.3, -0.25) is 4.90 Å². The van der Waals surface area contributed by atoms with E-state index in [1.54, 1.807) is 7.11 Å². The van der Waals surface area contributed by atoms with Crippen molar-refractivity contribution >= 4 is 23.2 Å². The Morgan fingerprint density at radius 3 is 2.32 bits per heavy atom. The number of likely N-dealkylation sites (tertiary alicyclic amines) is 1. The second-order valence-corrected chi connectivity index (χ2v) is 5.67. The molecule has 1 saturated heterocycles. The first kappa shape index (κ1) is 14.9. The van der Waals surface area contributed by atoms with E-state index in [0.29, 0.717) is 28.4 Å². The van der Waals surface area contributed by atoms with E-state index in [2.05, 4.69) is 4.90 Å². The van der Waals surface area contributed by atoms with Crippen LogP contribution in [0.25, 0.3) is 0 Å². The summed E-state index contributed by atoms with van der Waals surface area (Å²) < 4.78 is 5.19. The van der Waals surface area contributed by atoms with Crippen LogP contribution >= 0.6 is 23.2 Å². The van der Waals surface area contributed by atoms with Crippen LogP contribution in [0.4, 0.5) is 0 Å². The van der Waals surface area contributed by atoms with Crippen LogP contribution in [0, 0.1) is 0 Å². The summed E-state index contributed by atoms with van der Waals surface area (Å²) in [6.07, 6.45) is 3.41. The summed E-state index contributed by atoms with van der Waals surface area (Å²) in [6, 6.07) is 4.20. The summed E-state index contributed by atoms with van der Waals surface area (Å²) in [5.74, 6) is 0.542. The van der Waals surface area contributed by atoms with Gasteiger partial charge in [-0.1, -0.05) is 23.2 Å². The van der Waals surface area contributed by atoms with Gasteiger partial charge in [0.25, 0.3) is 0 Å². The zero-order chi connectivity index (χ0) is 13.8. The molecule has 0 saturated carbocycles. The number of halogens is 2. The molecule has 2 rings (SSSR count). The number of ether oxygens (including phenoxy) is 1. The first-order valence-electron chi connectivity index (χ1n) is 6.64. The van der Waals surface area contributed by atoms with Crippen molar-refractivity contribution in [3.63, 3.8) is 0 Å². The monoisotopic (exact) mass is 302 g/mol. The lowest BCUT2D eigenvalue weighted by Gasteiger charge is -2.28. The molecule has 0 amide bonds. The average Bonchev–Trinajstić information content (AvgIpc) is 2.89. The molecule has 1 aliphatic heterocycles. The fourth-order valence-electron chi connectivity index (χ4n) is 2.74. The van der Waals surface area contributed by atoms with Crippen LogP contribution in [0.15, 0.2) is 12.1 Å². The van der Waals surface area contributed by atoms with E-state index in [-0.39, 0.29) is 0 Å². The SMILES string of the molecule is COc1c(Cl)cc(C(CCN)N2CCCC2)cc1Cl. The van der Waals surface area contributed by atoms with Crippen molar-refractivity contribution in [2.75, 3.05) is 26.7 Å². The van der Waals surface area contributed by atoms with Crippen LogP contribution in [0.1, 0.15) is 30.9 Å². The molecule has 5 heteroatoms. The molecule has 3 nitrogen and oxygen atoms in total. The van der Waals surface area contributed by atoms with Crippen molar-refractivity contribution in [2.24, 2.45) is 5.73 Å². The second-order valence-electron chi connectivity index (χ2n) is 4.85. The fourth-order valence-corrected chi connectivity index (χ4v) is 3.40. The molecule has 1 aromatic carbocycles. The van der Waals surface area contributed by atoms with E-state index < -0.39 is 0 Å². The maximum atomic E-state index is 6.23. The Morgan fingerprint density at radius 1 is 1.26 bits per heavy atom. The molecule has 106 valence electrons. The highest BCUT2D eigenvalue weighted by Gasteiger charge is 2.24. The zero-order valence-corrected chi connectivity index (χ0v) is 12.7. The first-order chi connectivity index (χ1) is 9.17. The highest BCUT2D eigenvalue weighted by Crippen LogP contribution is 2.38. The minimum absolute atomic E-state index is 0.299. The highest BCUT2D eigenvalue weighted by atomic mass is 35.5. The van der Waals surface area contributed by atoms with Crippen molar-refractivity contribution in [3.05, 3.63) is 27.7 Å². The predicted octanol–water partition coefficient (Wildman–Crippen LogP) is 3.49. The van der Waals surface area contributed by atoms with Gasteiger partial charge in [-0.15, -0.1) is 0 Å². The third-order valence-corrected chi connectivity index (χ3v) is 4.19. The van der Waals surface area contributed by atoms with E-state index >= 15 is 0 Å². The number of nitrogens with zero attached hydrogens (tertiary/aromatic N) is 1. The summed E-state index contributed by atoms with van der Waals surface area (Å²) in [5.41, 5.74) is 6.88. The van der Waals surface area contributed by atoms with Crippen molar-refractivity contribution < 1.29 is 4.74 Å². The molecular weight excluding hydrogens is 283 g/mol. The number of benzene rings is 1. The Labute approximate surface area is 124 Å². The van der Waals surface area contributed by atoms with Crippen molar-refractivity contribution in [2.45, 2.75) is 25.3 Å². The van der Waals surface area contributed by atoms with E-state index in [0.717, 1.165) is 25.1 Å². The smallest absolute Gasteiger partial charge is 0.156 e. The fraction of sp³-hybridized carbons (Fsp3) is 0.571.